The Morgan fingerprint density at radius 2 is 1.83 bits per heavy atom. The number of rotatable bonds is 7. The fourth-order valence-corrected chi connectivity index (χ4v) is 1.31. The van der Waals surface area contributed by atoms with E-state index < -0.39 is 0 Å². The summed E-state index contributed by atoms with van der Waals surface area (Å²) in [6.45, 7) is 5.23. The molecule has 0 saturated heterocycles. The average molecular weight is 169 g/mol. The van der Waals surface area contributed by atoms with Crippen molar-refractivity contribution in [3.63, 3.8) is 0 Å². The molecule has 1 nitrogen and oxygen atoms in total. The number of hydrogen-bond donors (Lipinski definition) is 1. The number of nitrogens with two attached hydrogens (primary N) is 1. The molecule has 12 heavy (non-hydrogen) atoms. The third-order valence-corrected chi connectivity index (χ3v) is 2.21. The summed E-state index contributed by atoms with van der Waals surface area (Å²) in [5.74, 6) is 0. The molecule has 0 aliphatic heterocycles. The fourth-order valence-electron chi connectivity index (χ4n) is 1.31. The molecule has 0 aromatic heterocycles. The zero-order chi connectivity index (χ0) is 9.23. The molecular formula is C11H23N. The van der Waals surface area contributed by atoms with Gasteiger partial charge in [0, 0.05) is 0 Å². The third-order valence-electron chi connectivity index (χ3n) is 2.21. The van der Waals surface area contributed by atoms with E-state index in [1.165, 1.54) is 38.5 Å². The van der Waals surface area contributed by atoms with Crippen molar-refractivity contribution >= 4 is 0 Å². The first-order valence-electron chi connectivity index (χ1n) is 5.19. The van der Waals surface area contributed by atoms with E-state index in [9.17, 15) is 0 Å². The topological polar surface area (TPSA) is 26.0 Å². The first-order valence-corrected chi connectivity index (χ1v) is 5.19. The van der Waals surface area contributed by atoms with E-state index in [2.05, 4.69) is 19.9 Å². The van der Waals surface area contributed by atoms with Gasteiger partial charge in [0.1, 0.15) is 0 Å². The Bertz CT molecular complexity index is 116. The van der Waals surface area contributed by atoms with Gasteiger partial charge in [-0.25, -0.2) is 0 Å². The van der Waals surface area contributed by atoms with Gasteiger partial charge in [0.05, 0.1) is 0 Å². The zero-order valence-electron chi connectivity index (χ0n) is 8.60. The maximum absolute atomic E-state index is 5.44. The molecule has 0 bridgehead atoms. The van der Waals surface area contributed by atoms with Crippen LogP contribution in [0, 0.1) is 0 Å². The number of hydrogen-bond acceptors (Lipinski definition) is 1. The molecule has 0 aliphatic rings. The lowest BCUT2D eigenvalue weighted by Crippen LogP contribution is -1.98. The predicted molar refractivity (Wildman–Crippen MR) is 56.2 cm³/mol. The van der Waals surface area contributed by atoms with Crippen LogP contribution in [0.2, 0.25) is 0 Å². The van der Waals surface area contributed by atoms with Crippen LogP contribution in [0.15, 0.2) is 11.6 Å². The predicted octanol–water partition coefficient (Wildman–Crippen LogP) is 3.25. The normalized spacial score (nSPS) is 12.1. The highest BCUT2D eigenvalue weighted by Crippen LogP contribution is 2.14. The van der Waals surface area contributed by atoms with Crippen molar-refractivity contribution < 1.29 is 0 Å². The van der Waals surface area contributed by atoms with Crippen LogP contribution in [0.4, 0.5) is 0 Å². The standard InChI is InChI=1S/C11H23N/c1-3-5-8-11(4-2)9-6-7-10-12/h4H,3,5-10,12H2,1-2H3. The zero-order valence-corrected chi connectivity index (χ0v) is 8.60. The molecule has 0 aromatic rings. The molecule has 0 aliphatic carbocycles. The second kappa shape index (κ2) is 8.79. The van der Waals surface area contributed by atoms with E-state index in [0.717, 1.165) is 6.54 Å². The molecule has 0 spiro atoms. The smallest absolute Gasteiger partial charge is 0.00772 e. The van der Waals surface area contributed by atoms with Crippen molar-refractivity contribution in [3.8, 4) is 0 Å². The first kappa shape index (κ1) is 11.7. The minimum absolute atomic E-state index is 0.838. The maximum atomic E-state index is 5.44. The molecule has 0 saturated carbocycles. The molecule has 0 rings (SSSR count). The van der Waals surface area contributed by atoms with Crippen LogP contribution < -0.4 is 5.73 Å². The molecule has 0 fully saturated rings. The quantitative estimate of drug-likeness (QED) is 0.459. The molecule has 0 radical (unpaired) electrons. The van der Waals surface area contributed by atoms with Gasteiger partial charge in [-0.2, -0.15) is 0 Å². The summed E-state index contributed by atoms with van der Waals surface area (Å²) >= 11 is 0. The highest BCUT2D eigenvalue weighted by Gasteiger charge is 1.95. The molecular weight excluding hydrogens is 146 g/mol. The van der Waals surface area contributed by atoms with Crippen molar-refractivity contribution in [2.45, 2.75) is 52.4 Å². The summed E-state index contributed by atoms with van der Waals surface area (Å²) in [6, 6.07) is 0. The van der Waals surface area contributed by atoms with E-state index in [1.54, 1.807) is 5.57 Å². The Morgan fingerprint density at radius 3 is 2.33 bits per heavy atom. The van der Waals surface area contributed by atoms with Crippen LogP contribution in [-0.2, 0) is 0 Å². The third kappa shape index (κ3) is 6.41. The van der Waals surface area contributed by atoms with E-state index >= 15 is 0 Å². The van der Waals surface area contributed by atoms with E-state index in [4.69, 9.17) is 5.73 Å². The van der Waals surface area contributed by atoms with Crippen LogP contribution in [0.25, 0.3) is 0 Å². The lowest BCUT2D eigenvalue weighted by molar-refractivity contribution is 0.692. The van der Waals surface area contributed by atoms with E-state index in [-0.39, 0.29) is 0 Å². The fraction of sp³-hybridized carbons (Fsp3) is 0.818. The Kier molecular flexibility index (Phi) is 8.57. The van der Waals surface area contributed by atoms with Crippen LogP contribution in [0.5, 0.6) is 0 Å². The van der Waals surface area contributed by atoms with Crippen molar-refractivity contribution in [2.24, 2.45) is 5.73 Å². The Labute approximate surface area is 77.0 Å². The molecule has 72 valence electrons. The van der Waals surface area contributed by atoms with Crippen molar-refractivity contribution in [3.05, 3.63) is 11.6 Å². The van der Waals surface area contributed by atoms with Gasteiger partial charge < -0.3 is 5.73 Å². The summed E-state index contributed by atoms with van der Waals surface area (Å²) < 4.78 is 0. The summed E-state index contributed by atoms with van der Waals surface area (Å²) in [5.41, 5.74) is 7.05. The van der Waals surface area contributed by atoms with Crippen LogP contribution in [-0.4, -0.2) is 6.54 Å². The largest absolute Gasteiger partial charge is 0.330 e. The first-order chi connectivity index (χ1) is 5.85. The molecule has 1 heteroatoms. The van der Waals surface area contributed by atoms with Crippen LogP contribution in [0.3, 0.4) is 0 Å². The number of unbranched alkanes of at least 4 members (excludes halogenated alkanes) is 2. The second-order valence-electron chi connectivity index (χ2n) is 3.30. The minimum atomic E-state index is 0.838. The van der Waals surface area contributed by atoms with Crippen molar-refractivity contribution in [2.75, 3.05) is 6.54 Å². The van der Waals surface area contributed by atoms with Gasteiger partial charge in [0.2, 0.25) is 0 Å². The van der Waals surface area contributed by atoms with Gasteiger partial charge in [0.15, 0.2) is 0 Å². The Hall–Kier alpha value is -0.300. The van der Waals surface area contributed by atoms with Gasteiger partial charge in [-0.3, -0.25) is 0 Å². The highest BCUT2D eigenvalue weighted by molar-refractivity contribution is 4.99. The Morgan fingerprint density at radius 1 is 1.17 bits per heavy atom. The SMILES string of the molecule is CC=C(CCCC)CCCCN. The summed E-state index contributed by atoms with van der Waals surface area (Å²) in [6.07, 6.45) is 9.89. The van der Waals surface area contributed by atoms with Gasteiger partial charge in [-0.1, -0.05) is 25.0 Å². The average Bonchev–Trinajstić information content (AvgIpc) is 2.11. The van der Waals surface area contributed by atoms with Gasteiger partial charge in [0.25, 0.3) is 0 Å². The monoisotopic (exact) mass is 169 g/mol. The van der Waals surface area contributed by atoms with Crippen molar-refractivity contribution in [1.29, 1.82) is 0 Å². The second-order valence-corrected chi connectivity index (χ2v) is 3.30. The molecule has 0 aromatic carbocycles. The molecule has 0 unspecified atom stereocenters. The lowest BCUT2D eigenvalue weighted by Gasteiger charge is -2.04. The molecule has 0 amide bonds. The van der Waals surface area contributed by atoms with Gasteiger partial charge in [-0.05, 0) is 45.6 Å². The highest BCUT2D eigenvalue weighted by atomic mass is 14.5. The lowest BCUT2D eigenvalue weighted by atomic mass is 10.0. The summed E-state index contributed by atoms with van der Waals surface area (Å²) in [4.78, 5) is 0. The van der Waals surface area contributed by atoms with E-state index in [0.29, 0.717) is 0 Å². The molecule has 0 atom stereocenters. The van der Waals surface area contributed by atoms with E-state index in [1.807, 2.05) is 0 Å². The summed E-state index contributed by atoms with van der Waals surface area (Å²) in [7, 11) is 0. The van der Waals surface area contributed by atoms with Crippen LogP contribution in [0.1, 0.15) is 52.4 Å². The van der Waals surface area contributed by atoms with Crippen LogP contribution >= 0.6 is 0 Å². The van der Waals surface area contributed by atoms with Gasteiger partial charge in [-0.15, -0.1) is 0 Å². The minimum Gasteiger partial charge on any atom is -0.330 e. The molecule has 2 N–H and O–H groups in total. The van der Waals surface area contributed by atoms with Gasteiger partial charge >= 0.3 is 0 Å². The maximum Gasteiger partial charge on any atom is -0.00772 e. The number of allylic oxidation sites excluding steroid dienone is 2. The van der Waals surface area contributed by atoms with Crippen molar-refractivity contribution in [1.82, 2.24) is 0 Å². The molecule has 0 heterocycles. The summed E-state index contributed by atoms with van der Waals surface area (Å²) in [5, 5.41) is 0. The Balaban J connectivity index is 3.41.